The fourth-order valence-electron chi connectivity index (χ4n) is 4.34. The number of para-hydroxylation sites is 1. The highest BCUT2D eigenvalue weighted by atomic mass is 35.5. The summed E-state index contributed by atoms with van der Waals surface area (Å²) in [7, 11) is 0. The molecule has 4 aromatic rings. The van der Waals surface area contributed by atoms with Gasteiger partial charge >= 0.3 is 6.03 Å². The maximum Gasteiger partial charge on any atom is 0.322 e. The molecule has 5 rings (SSSR count). The molecule has 33 heavy (non-hydrogen) atoms. The number of nitrogens with zero attached hydrogens (tertiary/aromatic N) is 2. The van der Waals surface area contributed by atoms with E-state index in [1.807, 2.05) is 42.2 Å². The van der Waals surface area contributed by atoms with Crippen LogP contribution in [0.2, 0.25) is 5.02 Å². The smallest absolute Gasteiger partial charge is 0.318 e. The number of halogens is 1. The van der Waals surface area contributed by atoms with Crippen LogP contribution in [-0.4, -0.2) is 21.8 Å². The minimum Gasteiger partial charge on any atom is -0.318 e. The molecule has 1 aromatic heterocycles. The quantitative estimate of drug-likeness (QED) is 0.317. The van der Waals surface area contributed by atoms with Crippen molar-refractivity contribution in [1.82, 2.24) is 9.47 Å². The zero-order valence-electron chi connectivity index (χ0n) is 18.5. The summed E-state index contributed by atoms with van der Waals surface area (Å²) in [5.74, 6) is 0. The molecular formula is C27H24ClN3OS. The van der Waals surface area contributed by atoms with Gasteiger partial charge in [-0.15, -0.1) is 11.8 Å². The van der Waals surface area contributed by atoms with E-state index >= 15 is 0 Å². The van der Waals surface area contributed by atoms with Crippen molar-refractivity contribution in [2.45, 2.75) is 24.4 Å². The first kappa shape index (κ1) is 21.7. The van der Waals surface area contributed by atoms with E-state index in [0.717, 1.165) is 28.1 Å². The molecule has 1 atom stereocenters. The highest BCUT2D eigenvalue weighted by Gasteiger charge is 2.33. The van der Waals surface area contributed by atoms with E-state index in [1.165, 1.54) is 4.90 Å². The monoisotopic (exact) mass is 473 g/mol. The molecule has 2 heterocycles. The number of carbonyl (C=O) groups excluding carboxylic acids is 1. The first-order valence-corrected chi connectivity index (χ1v) is 12.4. The van der Waals surface area contributed by atoms with Gasteiger partial charge in [0.2, 0.25) is 0 Å². The standard InChI is InChI=1S/C27H24ClN3OS/c1-18-9-12-21(16-23(18)28)29-27(32)31-17-20-6-3-4-7-24(20)30-15-5-8-25(30)26(31)19-10-13-22(33-2)14-11-19/h3-16,26H,17H2,1-2H3,(H,29,32)/t26-/m0/s1. The van der Waals surface area contributed by atoms with Crippen molar-refractivity contribution in [3.8, 4) is 5.69 Å². The highest BCUT2D eigenvalue weighted by Crippen LogP contribution is 2.37. The second-order valence-electron chi connectivity index (χ2n) is 8.13. The van der Waals surface area contributed by atoms with Crippen molar-refractivity contribution in [1.29, 1.82) is 0 Å². The third-order valence-corrected chi connectivity index (χ3v) is 7.23. The number of thioether (sulfide) groups is 1. The molecule has 0 saturated heterocycles. The maximum absolute atomic E-state index is 13.7. The zero-order chi connectivity index (χ0) is 22.9. The number of rotatable bonds is 3. The van der Waals surface area contributed by atoms with Gasteiger partial charge in [-0.25, -0.2) is 4.79 Å². The van der Waals surface area contributed by atoms with Crippen molar-refractivity contribution >= 4 is 35.1 Å². The molecule has 6 heteroatoms. The molecule has 166 valence electrons. The largest absolute Gasteiger partial charge is 0.322 e. The minimum absolute atomic E-state index is 0.168. The van der Waals surface area contributed by atoms with Crippen LogP contribution >= 0.6 is 23.4 Å². The van der Waals surface area contributed by atoms with Crippen molar-refractivity contribution in [2.75, 3.05) is 11.6 Å². The summed E-state index contributed by atoms with van der Waals surface area (Å²) in [4.78, 5) is 16.8. The molecule has 0 fully saturated rings. The Kier molecular flexibility index (Phi) is 5.92. The van der Waals surface area contributed by atoms with Gasteiger partial charge in [-0.05, 0) is 72.3 Å². The van der Waals surface area contributed by atoms with Crippen LogP contribution in [0.15, 0.2) is 90.0 Å². The molecule has 1 aliphatic rings. The molecule has 3 aromatic carbocycles. The summed E-state index contributed by atoms with van der Waals surface area (Å²) in [6.07, 6.45) is 4.13. The number of aromatic nitrogens is 1. The number of carbonyl (C=O) groups is 1. The lowest BCUT2D eigenvalue weighted by molar-refractivity contribution is 0.194. The predicted octanol–water partition coefficient (Wildman–Crippen LogP) is 7.30. The number of hydrogen-bond acceptors (Lipinski definition) is 2. The van der Waals surface area contributed by atoms with Crippen LogP contribution in [0.25, 0.3) is 5.69 Å². The number of aryl methyl sites for hydroxylation is 1. The summed E-state index contributed by atoms with van der Waals surface area (Å²) in [6, 6.07) is 26.0. The molecule has 0 aliphatic carbocycles. The van der Waals surface area contributed by atoms with Crippen LogP contribution in [-0.2, 0) is 6.54 Å². The summed E-state index contributed by atoms with van der Waals surface area (Å²) in [5, 5.41) is 3.70. The zero-order valence-corrected chi connectivity index (χ0v) is 20.0. The third kappa shape index (κ3) is 4.14. The molecule has 0 radical (unpaired) electrons. The number of hydrogen-bond donors (Lipinski definition) is 1. The SMILES string of the molecule is CSc1ccc([C@H]2c3cccn3-c3ccccc3CN2C(=O)Nc2ccc(C)c(Cl)c2)cc1. The van der Waals surface area contributed by atoms with Crippen LogP contribution in [0.4, 0.5) is 10.5 Å². The number of urea groups is 1. The van der Waals surface area contributed by atoms with Crippen LogP contribution < -0.4 is 5.32 Å². The molecule has 0 saturated carbocycles. The summed E-state index contributed by atoms with van der Waals surface area (Å²) >= 11 is 8.02. The van der Waals surface area contributed by atoms with Gasteiger partial charge in [0.05, 0.1) is 18.3 Å². The summed E-state index contributed by atoms with van der Waals surface area (Å²) in [6.45, 7) is 2.43. The van der Waals surface area contributed by atoms with Crippen LogP contribution in [0.1, 0.15) is 28.4 Å². The Morgan fingerprint density at radius 2 is 1.82 bits per heavy atom. The second kappa shape index (κ2) is 9.00. The van der Waals surface area contributed by atoms with E-state index in [-0.39, 0.29) is 12.1 Å². The number of fused-ring (bicyclic) bond motifs is 3. The van der Waals surface area contributed by atoms with Gasteiger partial charge in [-0.1, -0.05) is 48.0 Å². The molecule has 4 nitrogen and oxygen atoms in total. The first-order chi connectivity index (χ1) is 16.0. The Bertz CT molecular complexity index is 1320. The molecule has 2 amide bonds. The number of benzene rings is 3. The van der Waals surface area contributed by atoms with Gasteiger partial charge in [0, 0.05) is 27.5 Å². The van der Waals surface area contributed by atoms with Gasteiger partial charge in [0.25, 0.3) is 0 Å². The average molecular weight is 474 g/mol. The molecule has 1 aliphatic heterocycles. The average Bonchev–Trinajstić information content (AvgIpc) is 3.26. The normalized spacial score (nSPS) is 14.9. The Morgan fingerprint density at radius 3 is 2.58 bits per heavy atom. The molecule has 0 unspecified atom stereocenters. The number of nitrogens with one attached hydrogen (secondary N) is 1. The van der Waals surface area contributed by atoms with Crippen molar-refractivity contribution in [2.24, 2.45) is 0 Å². The van der Waals surface area contributed by atoms with Crippen molar-refractivity contribution in [3.63, 3.8) is 0 Å². The van der Waals surface area contributed by atoms with Gasteiger partial charge < -0.3 is 14.8 Å². The third-order valence-electron chi connectivity index (χ3n) is 6.08. The van der Waals surface area contributed by atoms with E-state index < -0.39 is 0 Å². The van der Waals surface area contributed by atoms with Crippen molar-refractivity contribution < 1.29 is 4.79 Å². The number of amides is 2. The van der Waals surface area contributed by atoms with E-state index in [4.69, 9.17) is 11.6 Å². The number of anilines is 1. The van der Waals surface area contributed by atoms with Crippen LogP contribution in [0.3, 0.4) is 0 Å². The van der Waals surface area contributed by atoms with E-state index in [9.17, 15) is 4.79 Å². The lowest BCUT2D eigenvalue weighted by atomic mass is 10.0. The molecular weight excluding hydrogens is 450 g/mol. The fourth-order valence-corrected chi connectivity index (χ4v) is 4.93. The Morgan fingerprint density at radius 1 is 1.03 bits per heavy atom. The highest BCUT2D eigenvalue weighted by molar-refractivity contribution is 7.98. The van der Waals surface area contributed by atoms with E-state index in [0.29, 0.717) is 17.3 Å². The Balaban J connectivity index is 1.61. The topological polar surface area (TPSA) is 37.3 Å². The van der Waals surface area contributed by atoms with Gasteiger partial charge in [-0.3, -0.25) is 0 Å². The first-order valence-electron chi connectivity index (χ1n) is 10.8. The van der Waals surface area contributed by atoms with Crippen LogP contribution in [0.5, 0.6) is 0 Å². The lowest BCUT2D eigenvalue weighted by Gasteiger charge is -2.31. The van der Waals surface area contributed by atoms with Crippen molar-refractivity contribution in [3.05, 3.63) is 112 Å². The second-order valence-corrected chi connectivity index (χ2v) is 9.42. The van der Waals surface area contributed by atoms with E-state index in [2.05, 4.69) is 64.8 Å². The molecule has 1 N–H and O–H groups in total. The fraction of sp³-hybridized carbons (Fsp3) is 0.148. The maximum atomic E-state index is 13.7. The Hall–Kier alpha value is -3.15. The van der Waals surface area contributed by atoms with Crippen LogP contribution in [0, 0.1) is 6.92 Å². The molecule has 0 spiro atoms. The van der Waals surface area contributed by atoms with Gasteiger partial charge in [-0.2, -0.15) is 0 Å². The van der Waals surface area contributed by atoms with Gasteiger partial charge in [0.1, 0.15) is 0 Å². The van der Waals surface area contributed by atoms with Gasteiger partial charge in [0.15, 0.2) is 0 Å². The summed E-state index contributed by atoms with van der Waals surface area (Å²) < 4.78 is 2.19. The predicted molar refractivity (Wildman–Crippen MR) is 137 cm³/mol. The lowest BCUT2D eigenvalue weighted by Crippen LogP contribution is -2.37. The Labute approximate surface area is 203 Å². The molecule has 0 bridgehead atoms. The minimum atomic E-state index is -0.246. The summed E-state index contributed by atoms with van der Waals surface area (Å²) in [5.41, 5.74) is 5.96. The van der Waals surface area contributed by atoms with E-state index in [1.54, 1.807) is 17.8 Å².